The van der Waals surface area contributed by atoms with Crippen LogP contribution >= 0.6 is 11.3 Å². The van der Waals surface area contributed by atoms with Crippen LogP contribution in [0.2, 0.25) is 0 Å². The van der Waals surface area contributed by atoms with E-state index in [2.05, 4.69) is 204 Å². The third-order valence-electron chi connectivity index (χ3n) is 10.7. The SMILES string of the molecule is c1ccc(N(c2ccccc2)c2ccc(-c3ccc4c(c3)c3c5sc6ccc7ccc8ccccc8c7c6c5ccc3n4-c3ccccc3)cc2)cc1. The van der Waals surface area contributed by atoms with Crippen LogP contribution in [-0.4, -0.2) is 4.57 Å². The van der Waals surface area contributed by atoms with Crippen LogP contribution in [0.4, 0.5) is 17.1 Å². The van der Waals surface area contributed by atoms with Gasteiger partial charge < -0.3 is 9.47 Å². The van der Waals surface area contributed by atoms with Crippen molar-refractivity contribution in [1.82, 2.24) is 4.57 Å². The van der Waals surface area contributed by atoms with E-state index in [1.165, 1.54) is 80.3 Å². The molecule has 0 radical (unpaired) electrons. The van der Waals surface area contributed by atoms with Crippen LogP contribution in [0.15, 0.2) is 194 Å². The summed E-state index contributed by atoms with van der Waals surface area (Å²) in [6.07, 6.45) is 0. The van der Waals surface area contributed by atoms with Crippen LogP contribution in [-0.2, 0) is 0 Å². The van der Waals surface area contributed by atoms with E-state index in [-0.39, 0.29) is 0 Å². The predicted molar refractivity (Wildman–Crippen MR) is 229 cm³/mol. The van der Waals surface area contributed by atoms with E-state index in [0.717, 1.165) is 17.1 Å². The Labute approximate surface area is 311 Å². The van der Waals surface area contributed by atoms with Gasteiger partial charge >= 0.3 is 0 Å². The molecule has 3 heteroatoms. The van der Waals surface area contributed by atoms with Crippen molar-refractivity contribution in [2.45, 2.75) is 0 Å². The fraction of sp³-hybridized carbons (Fsp3) is 0. The minimum atomic E-state index is 1.12. The van der Waals surface area contributed by atoms with Crippen molar-refractivity contribution in [2.24, 2.45) is 0 Å². The Morgan fingerprint density at radius 1 is 0.377 bits per heavy atom. The number of hydrogen-bond acceptors (Lipinski definition) is 2. The maximum atomic E-state index is 2.44. The van der Waals surface area contributed by atoms with Crippen LogP contribution in [0.3, 0.4) is 0 Å². The second-order valence-electron chi connectivity index (χ2n) is 13.7. The molecule has 0 spiro atoms. The van der Waals surface area contributed by atoms with Gasteiger partial charge in [-0.3, -0.25) is 0 Å². The van der Waals surface area contributed by atoms with Crippen molar-refractivity contribution in [3.8, 4) is 16.8 Å². The smallest absolute Gasteiger partial charge is 0.0555 e. The number of hydrogen-bond donors (Lipinski definition) is 0. The minimum absolute atomic E-state index is 1.12. The molecule has 0 aliphatic carbocycles. The van der Waals surface area contributed by atoms with E-state index in [1.807, 2.05) is 11.3 Å². The topological polar surface area (TPSA) is 8.17 Å². The molecule has 2 nitrogen and oxygen atoms in total. The van der Waals surface area contributed by atoms with E-state index < -0.39 is 0 Å². The summed E-state index contributed by atoms with van der Waals surface area (Å²) in [7, 11) is 0. The molecule has 0 aliphatic rings. The summed E-state index contributed by atoms with van der Waals surface area (Å²) in [4.78, 5) is 2.31. The van der Waals surface area contributed by atoms with Crippen molar-refractivity contribution in [3.63, 3.8) is 0 Å². The van der Waals surface area contributed by atoms with Gasteiger partial charge in [-0.2, -0.15) is 0 Å². The van der Waals surface area contributed by atoms with Gasteiger partial charge in [0.15, 0.2) is 0 Å². The molecule has 53 heavy (non-hydrogen) atoms. The summed E-state index contributed by atoms with van der Waals surface area (Å²) in [5.74, 6) is 0. The highest BCUT2D eigenvalue weighted by Gasteiger charge is 2.20. The molecule has 0 saturated carbocycles. The first kappa shape index (κ1) is 30.0. The molecular formula is C50H32N2S. The van der Waals surface area contributed by atoms with Gasteiger partial charge in [0.05, 0.1) is 11.0 Å². The van der Waals surface area contributed by atoms with Gasteiger partial charge in [-0.1, -0.05) is 121 Å². The Morgan fingerprint density at radius 2 is 0.981 bits per heavy atom. The number of anilines is 3. The van der Waals surface area contributed by atoms with Crippen LogP contribution in [0.5, 0.6) is 0 Å². The summed E-state index contributed by atoms with van der Waals surface area (Å²) in [5.41, 5.74) is 9.40. The average molecular weight is 693 g/mol. The summed E-state index contributed by atoms with van der Waals surface area (Å²) >= 11 is 1.92. The zero-order valence-electron chi connectivity index (χ0n) is 28.8. The minimum Gasteiger partial charge on any atom is -0.311 e. The molecule has 0 amide bonds. The molecule has 0 bridgehead atoms. The molecule has 0 aliphatic heterocycles. The summed E-state index contributed by atoms with van der Waals surface area (Å²) < 4.78 is 5.10. The third-order valence-corrected chi connectivity index (χ3v) is 11.9. The van der Waals surface area contributed by atoms with Crippen molar-refractivity contribution in [3.05, 3.63) is 194 Å². The average Bonchev–Trinajstić information content (AvgIpc) is 3.78. The standard InChI is InChI=1S/C50H32N2S/c1-4-13-37(14-5-1)51(38-15-6-2-7-16-38)40-26-22-33(23-27-40)36-24-29-44-43(32-36)48-45(52(44)39-17-8-3-9-18-39)30-28-42-49-46(53-50(42)48)31-25-35-21-20-34-12-10-11-19-41(34)47(35)49/h1-32H. The van der Waals surface area contributed by atoms with Crippen molar-refractivity contribution < 1.29 is 0 Å². The fourth-order valence-electron chi connectivity index (χ4n) is 8.36. The Balaban J connectivity index is 1.14. The molecule has 0 fully saturated rings. The van der Waals surface area contributed by atoms with Crippen molar-refractivity contribution in [2.75, 3.05) is 4.90 Å². The lowest BCUT2D eigenvalue weighted by molar-refractivity contribution is 1.18. The normalized spacial score (nSPS) is 11.8. The van der Waals surface area contributed by atoms with E-state index in [4.69, 9.17) is 0 Å². The molecule has 0 saturated heterocycles. The highest BCUT2D eigenvalue weighted by molar-refractivity contribution is 7.27. The van der Waals surface area contributed by atoms with Crippen LogP contribution in [0.25, 0.3) is 80.3 Å². The Morgan fingerprint density at radius 3 is 1.74 bits per heavy atom. The molecule has 0 unspecified atom stereocenters. The molecule has 9 aromatic carbocycles. The number of nitrogens with zero attached hydrogens (tertiary/aromatic N) is 2. The molecule has 11 aromatic rings. The quantitative estimate of drug-likeness (QED) is 0.163. The van der Waals surface area contributed by atoms with Crippen LogP contribution in [0, 0.1) is 0 Å². The number of para-hydroxylation sites is 3. The lowest BCUT2D eigenvalue weighted by Gasteiger charge is -2.25. The number of benzene rings is 9. The van der Waals surface area contributed by atoms with Gasteiger partial charge in [0, 0.05) is 53.7 Å². The maximum absolute atomic E-state index is 2.44. The first-order valence-electron chi connectivity index (χ1n) is 18.1. The summed E-state index contributed by atoms with van der Waals surface area (Å²) in [5, 5.41) is 10.5. The van der Waals surface area contributed by atoms with Gasteiger partial charge in [0.2, 0.25) is 0 Å². The zero-order chi connectivity index (χ0) is 34.9. The van der Waals surface area contributed by atoms with Gasteiger partial charge in [-0.15, -0.1) is 11.3 Å². The number of thiophene rings is 1. The fourth-order valence-corrected chi connectivity index (χ4v) is 9.63. The Kier molecular flexibility index (Phi) is 6.76. The largest absolute Gasteiger partial charge is 0.311 e. The second kappa shape index (κ2) is 11.9. The molecule has 2 aromatic heterocycles. The predicted octanol–water partition coefficient (Wildman–Crippen LogP) is 14.6. The first-order valence-corrected chi connectivity index (χ1v) is 18.9. The molecule has 248 valence electrons. The van der Waals surface area contributed by atoms with Gasteiger partial charge in [0.25, 0.3) is 0 Å². The van der Waals surface area contributed by atoms with Crippen molar-refractivity contribution >= 4 is 91.9 Å². The van der Waals surface area contributed by atoms with Crippen LogP contribution in [0.1, 0.15) is 0 Å². The van der Waals surface area contributed by atoms with Crippen molar-refractivity contribution in [1.29, 1.82) is 0 Å². The zero-order valence-corrected chi connectivity index (χ0v) is 29.6. The first-order chi connectivity index (χ1) is 26.3. The lowest BCUT2D eigenvalue weighted by Crippen LogP contribution is -2.09. The van der Waals surface area contributed by atoms with Gasteiger partial charge in [-0.05, 0) is 105 Å². The van der Waals surface area contributed by atoms with Gasteiger partial charge in [-0.25, -0.2) is 0 Å². The third kappa shape index (κ3) is 4.71. The van der Waals surface area contributed by atoms with Gasteiger partial charge in [0.1, 0.15) is 0 Å². The number of fused-ring (bicyclic) bond motifs is 11. The van der Waals surface area contributed by atoms with Crippen LogP contribution < -0.4 is 4.90 Å². The Bertz CT molecular complexity index is 3100. The second-order valence-corrected chi connectivity index (χ2v) is 14.8. The number of aromatic nitrogens is 1. The molecule has 11 rings (SSSR count). The molecule has 0 N–H and O–H groups in total. The maximum Gasteiger partial charge on any atom is 0.0555 e. The monoisotopic (exact) mass is 692 g/mol. The van der Waals surface area contributed by atoms with E-state index in [0.29, 0.717) is 0 Å². The van der Waals surface area contributed by atoms with E-state index in [1.54, 1.807) is 0 Å². The molecule has 2 heterocycles. The lowest BCUT2D eigenvalue weighted by atomic mass is 9.97. The highest BCUT2D eigenvalue weighted by Crippen LogP contribution is 2.47. The summed E-state index contributed by atoms with van der Waals surface area (Å²) in [6, 6.07) is 70.6. The molecule has 0 atom stereocenters. The number of rotatable bonds is 5. The highest BCUT2D eigenvalue weighted by atomic mass is 32.1. The van der Waals surface area contributed by atoms with E-state index >= 15 is 0 Å². The molecular weight excluding hydrogens is 661 g/mol. The summed E-state index contributed by atoms with van der Waals surface area (Å²) in [6.45, 7) is 0. The Hall–Kier alpha value is -6.68. The van der Waals surface area contributed by atoms with E-state index in [9.17, 15) is 0 Å².